The highest BCUT2D eigenvalue weighted by Crippen LogP contribution is 2.40. The Bertz CT molecular complexity index is 939. The number of aromatic nitrogens is 2. The summed E-state index contributed by atoms with van der Waals surface area (Å²) in [4.78, 5) is 11.6. The van der Waals surface area contributed by atoms with Crippen LogP contribution in [0.2, 0.25) is 5.02 Å². The van der Waals surface area contributed by atoms with Crippen molar-refractivity contribution in [3.8, 4) is 16.9 Å². The summed E-state index contributed by atoms with van der Waals surface area (Å²) < 4.78 is 1.68. The predicted molar refractivity (Wildman–Crippen MR) is 97.7 cm³/mol. The van der Waals surface area contributed by atoms with Crippen LogP contribution in [0.25, 0.3) is 16.9 Å². The second-order valence-electron chi connectivity index (χ2n) is 6.41. The van der Waals surface area contributed by atoms with Crippen LogP contribution in [0.4, 0.5) is 0 Å². The molecular formula is C20H17ClN2O2. The average Bonchev–Trinajstić information content (AvgIpc) is 3.39. The lowest BCUT2D eigenvalue weighted by Crippen LogP contribution is -2.02. The van der Waals surface area contributed by atoms with E-state index in [1.54, 1.807) is 23.7 Å². The Balaban J connectivity index is 1.86. The molecule has 0 saturated heterocycles. The third-order valence-electron chi connectivity index (χ3n) is 4.63. The lowest BCUT2D eigenvalue weighted by Gasteiger charge is -2.10. The van der Waals surface area contributed by atoms with Crippen LogP contribution >= 0.6 is 11.6 Å². The van der Waals surface area contributed by atoms with Gasteiger partial charge >= 0.3 is 5.97 Å². The largest absolute Gasteiger partial charge is 0.476 e. The molecule has 1 saturated carbocycles. The Hall–Kier alpha value is -2.59. The number of benzene rings is 2. The van der Waals surface area contributed by atoms with Crippen molar-refractivity contribution in [1.29, 1.82) is 0 Å². The lowest BCUT2D eigenvalue weighted by atomic mass is 10.0. The van der Waals surface area contributed by atoms with Gasteiger partial charge in [-0.05, 0) is 55.5 Å². The summed E-state index contributed by atoms with van der Waals surface area (Å²) in [5.74, 6) is -0.341. The molecule has 0 radical (unpaired) electrons. The van der Waals surface area contributed by atoms with Crippen molar-refractivity contribution in [3.63, 3.8) is 0 Å². The molecule has 126 valence electrons. The van der Waals surface area contributed by atoms with Crippen molar-refractivity contribution in [2.75, 3.05) is 0 Å². The van der Waals surface area contributed by atoms with E-state index in [9.17, 15) is 9.90 Å². The van der Waals surface area contributed by atoms with Crippen molar-refractivity contribution in [2.24, 2.45) is 0 Å². The highest BCUT2D eigenvalue weighted by molar-refractivity contribution is 6.30. The smallest absolute Gasteiger partial charge is 0.356 e. The number of rotatable bonds is 4. The Morgan fingerprint density at radius 1 is 1.12 bits per heavy atom. The zero-order chi connectivity index (χ0) is 17.6. The fourth-order valence-corrected chi connectivity index (χ4v) is 3.26. The molecule has 1 N–H and O–H groups in total. The first-order valence-electron chi connectivity index (χ1n) is 8.24. The minimum atomic E-state index is -1.03. The molecule has 0 atom stereocenters. The fraction of sp³-hybridized carbons (Fsp3) is 0.200. The maximum absolute atomic E-state index is 11.6. The molecular weight excluding hydrogens is 336 g/mol. The van der Waals surface area contributed by atoms with Crippen molar-refractivity contribution in [1.82, 2.24) is 9.78 Å². The summed E-state index contributed by atoms with van der Waals surface area (Å²) in [5.41, 5.74) is 4.59. The monoisotopic (exact) mass is 352 g/mol. The fourth-order valence-electron chi connectivity index (χ4n) is 3.14. The standard InChI is InChI=1S/C20H17ClN2O2/c1-12-18(20(24)25)22-23(17-10-8-16(21)9-11-17)19(12)15-6-4-14(5-7-15)13-2-3-13/h4-11,13H,2-3H2,1H3,(H,24,25). The van der Waals surface area contributed by atoms with E-state index in [2.05, 4.69) is 29.4 Å². The van der Waals surface area contributed by atoms with Gasteiger partial charge in [-0.1, -0.05) is 35.9 Å². The summed E-state index contributed by atoms with van der Waals surface area (Å²) >= 11 is 5.97. The first kappa shape index (κ1) is 15.9. The van der Waals surface area contributed by atoms with E-state index in [1.165, 1.54) is 18.4 Å². The van der Waals surface area contributed by atoms with Gasteiger partial charge in [0.1, 0.15) is 0 Å². The maximum atomic E-state index is 11.6. The predicted octanol–water partition coefficient (Wildman–Crippen LogP) is 5.08. The molecule has 5 heteroatoms. The van der Waals surface area contributed by atoms with Gasteiger partial charge in [-0.15, -0.1) is 0 Å². The van der Waals surface area contributed by atoms with Gasteiger partial charge in [0.15, 0.2) is 5.69 Å². The average molecular weight is 353 g/mol. The van der Waals surface area contributed by atoms with Crippen LogP contribution in [0.5, 0.6) is 0 Å². The van der Waals surface area contributed by atoms with Gasteiger partial charge in [-0.25, -0.2) is 9.48 Å². The van der Waals surface area contributed by atoms with Crippen molar-refractivity contribution < 1.29 is 9.90 Å². The zero-order valence-electron chi connectivity index (χ0n) is 13.7. The number of hydrogen-bond donors (Lipinski definition) is 1. The molecule has 3 aromatic rings. The summed E-state index contributed by atoms with van der Waals surface area (Å²) in [6, 6.07) is 15.6. The molecule has 1 heterocycles. The third kappa shape index (κ3) is 2.94. The molecule has 4 rings (SSSR count). The number of halogens is 1. The molecule has 1 aliphatic rings. The topological polar surface area (TPSA) is 55.1 Å². The van der Waals surface area contributed by atoms with Gasteiger partial charge in [-0.2, -0.15) is 5.10 Å². The van der Waals surface area contributed by atoms with E-state index in [1.807, 2.05) is 12.1 Å². The second kappa shape index (κ2) is 6.05. The molecule has 0 spiro atoms. The molecule has 0 unspecified atom stereocenters. The molecule has 1 aliphatic carbocycles. The van der Waals surface area contributed by atoms with Crippen LogP contribution in [0.1, 0.15) is 40.4 Å². The number of carboxylic acids is 1. The van der Waals surface area contributed by atoms with E-state index in [4.69, 9.17) is 11.6 Å². The van der Waals surface area contributed by atoms with Crippen molar-refractivity contribution in [3.05, 3.63) is 70.4 Å². The Morgan fingerprint density at radius 3 is 2.32 bits per heavy atom. The minimum absolute atomic E-state index is 0.0659. The van der Waals surface area contributed by atoms with Crippen LogP contribution < -0.4 is 0 Å². The second-order valence-corrected chi connectivity index (χ2v) is 6.85. The molecule has 0 aliphatic heterocycles. The van der Waals surface area contributed by atoms with E-state index >= 15 is 0 Å². The van der Waals surface area contributed by atoms with Crippen molar-refractivity contribution in [2.45, 2.75) is 25.7 Å². The van der Waals surface area contributed by atoms with Crippen LogP contribution in [0.15, 0.2) is 48.5 Å². The molecule has 25 heavy (non-hydrogen) atoms. The third-order valence-corrected chi connectivity index (χ3v) is 4.88. The van der Waals surface area contributed by atoms with Gasteiger partial charge in [0.25, 0.3) is 0 Å². The number of hydrogen-bond acceptors (Lipinski definition) is 2. The van der Waals surface area contributed by atoms with Crippen LogP contribution in [-0.2, 0) is 0 Å². The molecule has 1 fully saturated rings. The lowest BCUT2D eigenvalue weighted by molar-refractivity contribution is 0.0689. The Labute approximate surface area is 150 Å². The number of nitrogens with zero attached hydrogens (tertiary/aromatic N) is 2. The van der Waals surface area contributed by atoms with Gasteiger partial charge < -0.3 is 5.11 Å². The summed E-state index contributed by atoms with van der Waals surface area (Å²) in [6.07, 6.45) is 2.51. The molecule has 0 amide bonds. The number of carbonyl (C=O) groups is 1. The van der Waals surface area contributed by atoms with Crippen LogP contribution in [0, 0.1) is 6.92 Å². The van der Waals surface area contributed by atoms with Gasteiger partial charge in [0.05, 0.1) is 11.4 Å². The maximum Gasteiger partial charge on any atom is 0.356 e. The first-order valence-corrected chi connectivity index (χ1v) is 8.61. The summed E-state index contributed by atoms with van der Waals surface area (Å²) in [5, 5.41) is 14.4. The number of aromatic carboxylic acids is 1. The SMILES string of the molecule is Cc1c(C(=O)O)nn(-c2ccc(Cl)cc2)c1-c1ccc(C2CC2)cc1. The Kier molecular flexibility index (Phi) is 3.85. The molecule has 1 aromatic heterocycles. The summed E-state index contributed by atoms with van der Waals surface area (Å²) in [6.45, 7) is 1.80. The van der Waals surface area contributed by atoms with E-state index < -0.39 is 5.97 Å². The molecule has 0 bridgehead atoms. The number of carboxylic acid groups (broad SMARTS) is 1. The minimum Gasteiger partial charge on any atom is -0.476 e. The quantitative estimate of drug-likeness (QED) is 0.712. The van der Waals surface area contributed by atoms with Crippen LogP contribution in [-0.4, -0.2) is 20.9 Å². The molecule has 2 aromatic carbocycles. The van der Waals surface area contributed by atoms with Gasteiger partial charge in [-0.3, -0.25) is 0 Å². The van der Waals surface area contributed by atoms with Crippen molar-refractivity contribution >= 4 is 17.6 Å². The zero-order valence-corrected chi connectivity index (χ0v) is 14.5. The van der Waals surface area contributed by atoms with Gasteiger partial charge in [0.2, 0.25) is 0 Å². The highest BCUT2D eigenvalue weighted by atomic mass is 35.5. The van der Waals surface area contributed by atoms with E-state index in [0.29, 0.717) is 16.5 Å². The first-order chi connectivity index (χ1) is 12.0. The van der Waals surface area contributed by atoms with E-state index in [-0.39, 0.29) is 5.69 Å². The summed E-state index contributed by atoms with van der Waals surface area (Å²) in [7, 11) is 0. The Morgan fingerprint density at radius 2 is 1.76 bits per heavy atom. The highest BCUT2D eigenvalue weighted by Gasteiger charge is 2.24. The van der Waals surface area contributed by atoms with Gasteiger partial charge in [0, 0.05) is 16.1 Å². The van der Waals surface area contributed by atoms with Crippen LogP contribution in [0.3, 0.4) is 0 Å². The molecule has 4 nitrogen and oxygen atoms in total. The van der Waals surface area contributed by atoms with E-state index in [0.717, 1.165) is 16.9 Å². The normalized spacial score (nSPS) is 13.8.